The van der Waals surface area contributed by atoms with Crippen molar-refractivity contribution < 1.29 is 18.3 Å². The summed E-state index contributed by atoms with van der Waals surface area (Å²) < 4.78 is 39.4. The number of nitrogens with zero attached hydrogens (tertiary/aromatic N) is 1. The first-order valence-electron chi connectivity index (χ1n) is 8.14. The van der Waals surface area contributed by atoms with Crippen LogP contribution in [0.15, 0.2) is 24.3 Å². The average Bonchev–Trinajstić information content (AvgIpc) is 2.84. The van der Waals surface area contributed by atoms with E-state index in [2.05, 4.69) is 10.2 Å². The SMILES string of the molecule is OCC1CN(Cc2ccccc2C(F)(F)F)CC12CCNCC2. The Balaban J connectivity index is 1.77. The summed E-state index contributed by atoms with van der Waals surface area (Å²) >= 11 is 0. The molecule has 1 atom stereocenters. The molecule has 0 aliphatic carbocycles. The van der Waals surface area contributed by atoms with Crippen molar-refractivity contribution >= 4 is 0 Å². The molecule has 0 aromatic heterocycles. The fourth-order valence-electron chi connectivity index (χ4n) is 4.18. The molecule has 2 N–H and O–H groups in total. The van der Waals surface area contributed by atoms with Gasteiger partial charge in [0.1, 0.15) is 0 Å². The number of piperidine rings is 1. The van der Waals surface area contributed by atoms with Crippen LogP contribution in [0, 0.1) is 11.3 Å². The summed E-state index contributed by atoms with van der Waals surface area (Å²) in [5, 5.41) is 13.0. The van der Waals surface area contributed by atoms with E-state index in [0.717, 1.165) is 38.5 Å². The smallest absolute Gasteiger partial charge is 0.396 e. The minimum atomic E-state index is -4.32. The Morgan fingerprint density at radius 2 is 1.91 bits per heavy atom. The Morgan fingerprint density at radius 1 is 1.22 bits per heavy atom. The van der Waals surface area contributed by atoms with Crippen molar-refractivity contribution in [3.05, 3.63) is 35.4 Å². The van der Waals surface area contributed by atoms with Crippen LogP contribution in [0.4, 0.5) is 13.2 Å². The maximum atomic E-state index is 13.1. The first kappa shape index (κ1) is 16.7. The van der Waals surface area contributed by atoms with Crippen LogP contribution >= 0.6 is 0 Å². The predicted molar refractivity (Wildman–Crippen MR) is 81.8 cm³/mol. The number of halogens is 3. The summed E-state index contributed by atoms with van der Waals surface area (Å²) in [6.07, 6.45) is -2.36. The van der Waals surface area contributed by atoms with Gasteiger partial charge in [-0.05, 0) is 43.0 Å². The van der Waals surface area contributed by atoms with Gasteiger partial charge in [-0.25, -0.2) is 0 Å². The molecule has 1 unspecified atom stereocenters. The largest absolute Gasteiger partial charge is 0.416 e. The van der Waals surface area contributed by atoms with Crippen LogP contribution in [0.1, 0.15) is 24.0 Å². The molecule has 23 heavy (non-hydrogen) atoms. The van der Waals surface area contributed by atoms with Gasteiger partial charge in [0.25, 0.3) is 0 Å². The minimum Gasteiger partial charge on any atom is -0.396 e. The molecule has 0 bridgehead atoms. The Labute approximate surface area is 134 Å². The zero-order valence-electron chi connectivity index (χ0n) is 13.1. The summed E-state index contributed by atoms with van der Waals surface area (Å²) in [6.45, 7) is 3.68. The van der Waals surface area contributed by atoms with Crippen molar-refractivity contribution in [2.75, 3.05) is 32.8 Å². The number of benzene rings is 1. The molecule has 2 saturated heterocycles. The summed E-state index contributed by atoms with van der Waals surface area (Å²) in [4.78, 5) is 2.08. The first-order valence-corrected chi connectivity index (χ1v) is 8.14. The molecule has 3 rings (SSSR count). The molecule has 128 valence electrons. The zero-order chi connectivity index (χ0) is 16.5. The van der Waals surface area contributed by atoms with Gasteiger partial charge in [-0.1, -0.05) is 18.2 Å². The van der Waals surface area contributed by atoms with E-state index < -0.39 is 11.7 Å². The fraction of sp³-hybridized carbons (Fsp3) is 0.647. The summed E-state index contributed by atoms with van der Waals surface area (Å²) in [7, 11) is 0. The molecule has 2 aliphatic heterocycles. The number of likely N-dealkylation sites (tertiary alicyclic amines) is 1. The number of hydrogen-bond acceptors (Lipinski definition) is 3. The fourth-order valence-corrected chi connectivity index (χ4v) is 4.18. The summed E-state index contributed by atoms with van der Waals surface area (Å²) in [5.74, 6) is 0.155. The Morgan fingerprint density at radius 3 is 2.57 bits per heavy atom. The minimum absolute atomic E-state index is 0.0488. The van der Waals surface area contributed by atoms with E-state index in [9.17, 15) is 18.3 Å². The molecule has 2 aliphatic rings. The predicted octanol–water partition coefficient (Wildman–Crippen LogP) is 2.50. The van der Waals surface area contributed by atoms with E-state index in [1.807, 2.05) is 0 Å². The number of hydrogen-bond donors (Lipinski definition) is 2. The second-order valence-electron chi connectivity index (χ2n) is 6.82. The van der Waals surface area contributed by atoms with E-state index in [0.29, 0.717) is 18.7 Å². The molecule has 0 saturated carbocycles. The van der Waals surface area contributed by atoms with Crippen LogP contribution < -0.4 is 5.32 Å². The molecule has 3 nitrogen and oxygen atoms in total. The average molecular weight is 328 g/mol. The van der Waals surface area contributed by atoms with Crippen molar-refractivity contribution in [1.82, 2.24) is 10.2 Å². The maximum Gasteiger partial charge on any atom is 0.416 e. The van der Waals surface area contributed by atoms with Gasteiger partial charge in [-0.2, -0.15) is 13.2 Å². The van der Waals surface area contributed by atoms with Gasteiger partial charge in [0, 0.05) is 32.2 Å². The molecule has 2 heterocycles. The van der Waals surface area contributed by atoms with Crippen LogP contribution in [0.3, 0.4) is 0 Å². The number of aliphatic hydroxyl groups is 1. The van der Waals surface area contributed by atoms with Gasteiger partial charge < -0.3 is 10.4 Å². The van der Waals surface area contributed by atoms with Crippen LogP contribution in [-0.4, -0.2) is 42.8 Å². The molecular weight excluding hydrogens is 305 g/mol. The third-order valence-corrected chi connectivity index (χ3v) is 5.42. The highest BCUT2D eigenvalue weighted by Crippen LogP contribution is 2.44. The third kappa shape index (κ3) is 3.39. The lowest BCUT2D eigenvalue weighted by Crippen LogP contribution is -2.42. The molecular formula is C17H23F3N2O. The van der Waals surface area contributed by atoms with Gasteiger partial charge >= 0.3 is 6.18 Å². The van der Waals surface area contributed by atoms with E-state index >= 15 is 0 Å². The third-order valence-electron chi connectivity index (χ3n) is 5.42. The molecule has 1 aromatic carbocycles. The Bertz CT molecular complexity index is 541. The van der Waals surface area contributed by atoms with Gasteiger partial charge in [0.2, 0.25) is 0 Å². The molecule has 1 aromatic rings. The highest BCUT2D eigenvalue weighted by molar-refractivity contribution is 5.29. The second kappa shape index (κ2) is 6.42. The van der Waals surface area contributed by atoms with Gasteiger partial charge in [-0.15, -0.1) is 0 Å². The number of rotatable bonds is 3. The van der Waals surface area contributed by atoms with Gasteiger partial charge in [-0.3, -0.25) is 4.90 Å². The van der Waals surface area contributed by atoms with E-state index in [4.69, 9.17) is 0 Å². The normalized spacial score (nSPS) is 25.1. The maximum absolute atomic E-state index is 13.1. The van der Waals surface area contributed by atoms with Crippen molar-refractivity contribution in [1.29, 1.82) is 0 Å². The molecule has 0 radical (unpaired) electrons. The van der Waals surface area contributed by atoms with Crippen molar-refractivity contribution in [3.63, 3.8) is 0 Å². The number of nitrogens with one attached hydrogen (secondary N) is 1. The van der Waals surface area contributed by atoms with Crippen molar-refractivity contribution in [3.8, 4) is 0 Å². The summed E-state index contributed by atoms with van der Waals surface area (Å²) in [5.41, 5.74) is -0.179. The highest BCUT2D eigenvalue weighted by Gasteiger charge is 2.46. The van der Waals surface area contributed by atoms with Crippen molar-refractivity contribution in [2.24, 2.45) is 11.3 Å². The van der Waals surface area contributed by atoms with Gasteiger partial charge in [0.15, 0.2) is 0 Å². The Kier molecular flexibility index (Phi) is 4.67. The molecule has 0 amide bonds. The topological polar surface area (TPSA) is 35.5 Å². The number of alkyl halides is 3. The van der Waals surface area contributed by atoms with E-state index in [1.54, 1.807) is 12.1 Å². The van der Waals surface area contributed by atoms with E-state index in [1.165, 1.54) is 6.07 Å². The van der Waals surface area contributed by atoms with Gasteiger partial charge in [0.05, 0.1) is 5.56 Å². The van der Waals surface area contributed by atoms with Crippen molar-refractivity contribution in [2.45, 2.75) is 25.6 Å². The monoisotopic (exact) mass is 328 g/mol. The second-order valence-corrected chi connectivity index (χ2v) is 6.82. The lowest BCUT2D eigenvalue weighted by molar-refractivity contribution is -0.138. The quantitative estimate of drug-likeness (QED) is 0.895. The number of aliphatic hydroxyl groups excluding tert-OH is 1. The molecule has 6 heteroatoms. The lowest BCUT2D eigenvalue weighted by atomic mass is 9.71. The standard InChI is InChI=1S/C17H23F3N2O/c18-17(19,20)15-4-2-1-3-13(15)9-22-10-14(11-23)16(12-22)5-7-21-8-6-16/h1-4,14,21,23H,5-12H2. The van der Waals surface area contributed by atoms with Crippen LogP contribution in [-0.2, 0) is 12.7 Å². The highest BCUT2D eigenvalue weighted by atomic mass is 19.4. The van der Waals surface area contributed by atoms with Crippen LogP contribution in [0.25, 0.3) is 0 Å². The van der Waals surface area contributed by atoms with Crippen LogP contribution in [0.2, 0.25) is 0 Å². The Hall–Kier alpha value is -1.11. The molecule has 2 fully saturated rings. The zero-order valence-corrected chi connectivity index (χ0v) is 13.1. The first-order chi connectivity index (χ1) is 10.9. The van der Waals surface area contributed by atoms with E-state index in [-0.39, 0.29) is 17.9 Å². The lowest BCUT2D eigenvalue weighted by Gasteiger charge is -2.38. The molecule has 1 spiro atoms. The summed E-state index contributed by atoms with van der Waals surface area (Å²) in [6, 6.07) is 5.80. The van der Waals surface area contributed by atoms with Crippen LogP contribution in [0.5, 0.6) is 0 Å².